The molecule has 1 aromatic rings. The van der Waals surface area contributed by atoms with Gasteiger partial charge in [0.2, 0.25) is 0 Å². The van der Waals surface area contributed by atoms with Crippen molar-refractivity contribution in [2.75, 3.05) is 13.7 Å². The smallest absolute Gasteiger partial charge is 0.139 e. The standard InChI is InChI=1S/C10H12ClN3O2/c1-16-10-4-7(2-3-9(10)11)13-5-8(6-15)14-12/h2-5,15H,6,12H2,1H3. The molecular weight excluding hydrogens is 230 g/mol. The molecule has 3 N–H and O–H groups in total. The first-order valence-corrected chi connectivity index (χ1v) is 4.84. The Bertz CT molecular complexity index is 419. The highest BCUT2D eigenvalue weighted by Gasteiger charge is 2.00. The van der Waals surface area contributed by atoms with Gasteiger partial charge in [-0.25, -0.2) is 0 Å². The fourth-order valence-corrected chi connectivity index (χ4v) is 1.19. The third-order valence-corrected chi connectivity index (χ3v) is 2.14. The summed E-state index contributed by atoms with van der Waals surface area (Å²) in [6.45, 7) is -0.259. The predicted octanol–water partition coefficient (Wildman–Crippen LogP) is 1.36. The van der Waals surface area contributed by atoms with Gasteiger partial charge in [-0.1, -0.05) is 11.6 Å². The molecule has 0 heterocycles. The lowest BCUT2D eigenvalue weighted by molar-refractivity contribution is 0.359. The van der Waals surface area contributed by atoms with E-state index in [1.165, 1.54) is 13.3 Å². The van der Waals surface area contributed by atoms with Crippen LogP contribution >= 0.6 is 11.6 Å². The van der Waals surface area contributed by atoms with Crippen LogP contribution in [0.2, 0.25) is 5.02 Å². The molecule has 0 aliphatic rings. The molecule has 5 nitrogen and oxygen atoms in total. The summed E-state index contributed by atoms with van der Waals surface area (Å²) < 4.78 is 5.03. The summed E-state index contributed by atoms with van der Waals surface area (Å²) in [6, 6.07) is 5.06. The zero-order valence-electron chi connectivity index (χ0n) is 8.72. The summed E-state index contributed by atoms with van der Waals surface area (Å²) >= 11 is 5.85. The molecule has 0 aliphatic heterocycles. The number of rotatable bonds is 4. The highest BCUT2D eigenvalue weighted by molar-refractivity contribution is 6.32. The number of ether oxygens (including phenoxy) is 1. The van der Waals surface area contributed by atoms with E-state index < -0.39 is 0 Å². The summed E-state index contributed by atoms with van der Waals surface area (Å²) in [4.78, 5) is 4.06. The van der Waals surface area contributed by atoms with Crippen molar-refractivity contribution < 1.29 is 9.84 Å². The molecule has 0 fully saturated rings. The van der Waals surface area contributed by atoms with E-state index in [2.05, 4.69) is 10.1 Å². The summed E-state index contributed by atoms with van der Waals surface area (Å²) in [5.74, 6) is 5.55. The quantitative estimate of drug-likeness (QED) is 0.475. The Morgan fingerprint density at radius 2 is 2.38 bits per heavy atom. The number of aliphatic imine (C=N–C) groups is 1. The summed E-state index contributed by atoms with van der Waals surface area (Å²) in [5.41, 5.74) is 0.921. The Morgan fingerprint density at radius 3 is 2.94 bits per heavy atom. The number of methoxy groups -OCH3 is 1. The van der Waals surface area contributed by atoms with E-state index in [0.717, 1.165) is 0 Å². The SMILES string of the molecule is COc1cc(N=CC(CO)=NN)ccc1Cl. The van der Waals surface area contributed by atoms with E-state index in [1.54, 1.807) is 18.2 Å². The molecule has 1 rings (SSSR count). The van der Waals surface area contributed by atoms with Crippen molar-refractivity contribution in [3.05, 3.63) is 23.2 Å². The van der Waals surface area contributed by atoms with Crippen LogP contribution in [0.25, 0.3) is 0 Å². The van der Waals surface area contributed by atoms with Gasteiger partial charge in [-0.05, 0) is 12.1 Å². The lowest BCUT2D eigenvalue weighted by atomic mass is 10.3. The number of hydrazone groups is 1. The van der Waals surface area contributed by atoms with Crippen LogP contribution in [-0.4, -0.2) is 30.7 Å². The number of hydrogen-bond donors (Lipinski definition) is 2. The van der Waals surface area contributed by atoms with Crippen molar-refractivity contribution in [3.8, 4) is 5.75 Å². The zero-order valence-corrected chi connectivity index (χ0v) is 9.48. The van der Waals surface area contributed by atoms with E-state index in [-0.39, 0.29) is 12.3 Å². The topological polar surface area (TPSA) is 80.2 Å². The maximum absolute atomic E-state index is 8.80. The summed E-state index contributed by atoms with van der Waals surface area (Å²) in [7, 11) is 1.52. The van der Waals surface area contributed by atoms with Gasteiger partial charge in [0.25, 0.3) is 0 Å². The maximum Gasteiger partial charge on any atom is 0.139 e. The van der Waals surface area contributed by atoms with Crippen LogP contribution in [0.3, 0.4) is 0 Å². The number of aliphatic hydroxyl groups is 1. The first-order chi connectivity index (χ1) is 7.71. The number of benzene rings is 1. The van der Waals surface area contributed by atoms with Crippen LogP contribution < -0.4 is 10.6 Å². The minimum absolute atomic E-state index is 0.259. The van der Waals surface area contributed by atoms with Crippen molar-refractivity contribution >= 4 is 29.2 Å². The normalized spacial score (nSPS) is 12.1. The second-order valence-electron chi connectivity index (χ2n) is 2.86. The molecule has 0 spiro atoms. The van der Waals surface area contributed by atoms with Gasteiger partial charge in [0, 0.05) is 6.07 Å². The van der Waals surface area contributed by atoms with E-state index in [4.69, 9.17) is 27.3 Å². The minimum Gasteiger partial charge on any atom is -0.495 e. The largest absolute Gasteiger partial charge is 0.495 e. The van der Waals surface area contributed by atoms with Crippen molar-refractivity contribution in [3.63, 3.8) is 0 Å². The van der Waals surface area contributed by atoms with Crippen LogP contribution in [0.1, 0.15) is 0 Å². The van der Waals surface area contributed by atoms with Crippen molar-refractivity contribution in [1.82, 2.24) is 0 Å². The van der Waals surface area contributed by atoms with Gasteiger partial charge in [-0.2, -0.15) is 5.10 Å². The molecule has 1 aromatic carbocycles. The van der Waals surface area contributed by atoms with Crippen LogP contribution in [-0.2, 0) is 0 Å². The molecule has 0 bridgehead atoms. The monoisotopic (exact) mass is 241 g/mol. The third-order valence-electron chi connectivity index (χ3n) is 1.83. The molecule has 6 heteroatoms. The highest BCUT2D eigenvalue weighted by Crippen LogP contribution is 2.28. The molecule has 0 atom stereocenters. The molecule has 0 aliphatic carbocycles. The molecule has 0 aromatic heterocycles. The zero-order chi connectivity index (χ0) is 12.0. The first-order valence-electron chi connectivity index (χ1n) is 4.46. The van der Waals surface area contributed by atoms with E-state index in [0.29, 0.717) is 16.5 Å². The summed E-state index contributed by atoms with van der Waals surface area (Å²) in [5, 5.41) is 12.7. The van der Waals surface area contributed by atoms with E-state index >= 15 is 0 Å². The molecule has 16 heavy (non-hydrogen) atoms. The van der Waals surface area contributed by atoms with Crippen LogP contribution in [0.5, 0.6) is 5.75 Å². The Balaban J connectivity index is 2.90. The van der Waals surface area contributed by atoms with Crippen LogP contribution in [0.15, 0.2) is 28.3 Å². The highest BCUT2D eigenvalue weighted by atomic mass is 35.5. The number of nitrogens with zero attached hydrogens (tertiary/aromatic N) is 2. The van der Waals surface area contributed by atoms with Crippen LogP contribution in [0, 0.1) is 0 Å². The molecule has 0 radical (unpaired) electrons. The number of aliphatic hydroxyl groups excluding tert-OH is 1. The molecule has 0 saturated carbocycles. The van der Waals surface area contributed by atoms with Crippen molar-refractivity contribution in [2.45, 2.75) is 0 Å². The van der Waals surface area contributed by atoms with Gasteiger partial charge in [-0.15, -0.1) is 0 Å². The second kappa shape index (κ2) is 6.09. The van der Waals surface area contributed by atoms with E-state index in [9.17, 15) is 0 Å². The maximum atomic E-state index is 8.80. The number of hydrogen-bond acceptors (Lipinski definition) is 5. The van der Waals surface area contributed by atoms with Crippen molar-refractivity contribution in [1.29, 1.82) is 0 Å². The fraction of sp³-hybridized carbons (Fsp3) is 0.200. The molecule has 0 saturated heterocycles. The van der Waals surface area contributed by atoms with E-state index in [1.807, 2.05) is 0 Å². The average Bonchev–Trinajstić information content (AvgIpc) is 2.32. The van der Waals surface area contributed by atoms with Gasteiger partial charge in [-0.3, -0.25) is 4.99 Å². The Kier molecular flexibility index (Phi) is 4.75. The van der Waals surface area contributed by atoms with Gasteiger partial charge >= 0.3 is 0 Å². The van der Waals surface area contributed by atoms with Gasteiger partial charge in [0.15, 0.2) is 0 Å². The third kappa shape index (κ3) is 3.22. The Morgan fingerprint density at radius 1 is 1.62 bits per heavy atom. The van der Waals surface area contributed by atoms with Gasteiger partial charge < -0.3 is 15.7 Å². The van der Waals surface area contributed by atoms with Crippen molar-refractivity contribution in [2.24, 2.45) is 15.9 Å². The van der Waals surface area contributed by atoms with Crippen LogP contribution in [0.4, 0.5) is 5.69 Å². The Hall–Kier alpha value is -1.59. The Labute approximate surface area is 98.2 Å². The molecular formula is C10H12ClN3O2. The van der Waals surface area contributed by atoms with Gasteiger partial charge in [0.1, 0.15) is 11.5 Å². The molecule has 0 amide bonds. The minimum atomic E-state index is -0.259. The number of halogens is 1. The molecule has 86 valence electrons. The molecule has 0 unspecified atom stereocenters. The second-order valence-corrected chi connectivity index (χ2v) is 3.26. The number of nitrogens with two attached hydrogens (primary N) is 1. The first kappa shape index (κ1) is 12.5. The average molecular weight is 242 g/mol. The van der Waals surface area contributed by atoms with Gasteiger partial charge in [0.05, 0.1) is 30.6 Å². The summed E-state index contributed by atoms with van der Waals surface area (Å²) in [6.07, 6.45) is 1.38. The predicted molar refractivity (Wildman–Crippen MR) is 64.9 cm³/mol. The fourth-order valence-electron chi connectivity index (χ4n) is 0.993. The lowest BCUT2D eigenvalue weighted by Gasteiger charge is -2.02. The lowest BCUT2D eigenvalue weighted by Crippen LogP contribution is -2.08.